The van der Waals surface area contributed by atoms with Gasteiger partial charge < -0.3 is 279 Å². The van der Waals surface area contributed by atoms with Gasteiger partial charge in [-0.1, -0.05) is 0 Å². The number of hydrogen-bond donors (Lipinski definition) is 35. The maximum atomic E-state index is 13.3. The highest BCUT2D eigenvalue weighted by Crippen LogP contribution is 2.42. The van der Waals surface area contributed by atoms with Crippen molar-refractivity contribution < 1.29 is 276 Å². The Balaban J connectivity index is 0.969. The molecule has 0 saturated carbocycles. The van der Waals surface area contributed by atoms with Gasteiger partial charge in [-0.3, -0.25) is 28.8 Å². The number of carbonyl (C=O) groups is 6. The van der Waals surface area contributed by atoms with Crippen molar-refractivity contribution in [1.29, 1.82) is 0 Å². The Labute approximate surface area is 792 Å². The lowest BCUT2D eigenvalue weighted by molar-refractivity contribution is -0.398. The third-order valence-electron chi connectivity index (χ3n) is 25.4. The molecule has 808 valence electrons. The molecule has 55 atom stereocenters. The molecule has 0 bridgehead atoms. The summed E-state index contributed by atoms with van der Waals surface area (Å²) in [6, 6.07) is -11.4. The fraction of sp³-hybridized carbons (Fsp3) is 0.923. The van der Waals surface area contributed by atoms with Gasteiger partial charge in [-0.15, -0.1) is 0 Å². The molecule has 6 amide bonds. The molecular weight excluding hydrogens is 1920 g/mol. The van der Waals surface area contributed by atoms with Gasteiger partial charge in [0.25, 0.3) is 0 Å². The molecule has 0 radical (unpaired) electrons. The van der Waals surface area contributed by atoms with Gasteiger partial charge in [-0.05, 0) is 0 Å². The highest BCUT2D eigenvalue weighted by atomic mass is 16.8. The van der Waals surface area contributed by atoms with E-state index in [4.69, 9.17) is 99.5 Å². The molecule has 140 heavy (non-hydrogen) atoms. The van der Waals surface area contributed by atoms with Gasteiger partial charge in [-0.2, -0.15) is 0 Å². The number of nitrogens with one attached hydrogen (secondary N) is 6. The van der Waals surface area contributed by atoms with E-state index in [1.54, 1.807) is 0 Å². The van der Waals surface area contributed by atoms with Crippen molar-refractivity contribution in [2.75, 3.05) is 72.7 Å². The highest BCUT2D eigenvalue weighted by molar-refractivity contribution is 5.75. The summed E-state index contributed by atoms with van der Waals surface area (Å²) in [5.41, 5.74) is 0. The van der Waals surface area contributed by atoms with Crippen molar-refractivity contribution >= 4 is 35.4 Å². The number of aliphatic hydroxyl groups is 29. The Morgan fingerprint density at radius 2 is 0.400 bits per heavy atom. The summed E-state index contributed by atoms with van der Waals surface area (Å²) in [4.78, 5) is 77.5. The Bertz CT molecular complexity index is 3910. The monoisotopic (exact) mass is 2050 g/mol. The van der Waals surface area contributed by atoms with Crippen LogP contribution < -0.4 is 31.9 Å². The Hall–Kier alpha value is -5.18. The van der Waals surface area contributed by atoms with E-state index in [-0.39, 0.29) is 0 Å². The van der Waals surface area contributed by atoms with E-state index in [1.165, 1.54) is 0 Å². The molecule has 62 nitrogen and oxygen atoms in total. The smallest absolute Gasteiger partial charge is 0.217 e. The van der Waals surface area contributed by atoms with Crippen LogP contribution in [0.3, 0.4) is 0 Å². The minimum Gasteiger partial charge on any atom is -0.394 e. The fourth-order valence-corrected chi connectivity index (χ4v) is 18.1. The van der Waals surface area contributed by atoms with Crippen LogP contribution in [0.25, 0.3) is 0 Å². The molecule has 35 N–H and O–H groups in total. The summed E-state index contributed by atoms with van der Waals surface area (Å²) in [7, 11) is 0. The van der Waals surface area contributed by atoms with Crippen LogP contribution >= 0.6 is 0 Å². The van der Waals surface area contributed by atoms with Gasteiger partial charge in [0.2, 0.25) is 35.4 Å². The molecule has 11 rings (SSSR count). The number of hydrogen-bond acceptors (Lipinski definition) is 56. The van der Waals surface area contributed by atoms with Gasteiger partial charge in [0.05, 0.1) is 72.7 Å². The lowest BCUT2D eigenvalue weighted by Crippen LogP contribution is -2.71. The Morgan fingerprint density at radius 3 is 0.750 bits per heavy atom. The van der Waals surface area contributed by atoms with E-state index < -0.39 is 446 Å². The summed E-state index contributed by atoms with van der Waals surface area (Å²) in [5, 5.41) is 342. The first-order valence-electron chi connectivity index (χ1n) is 44.6. The third-order valence-corrected chi connectivity index (χ3v) is 25.4. The number of ether oxygens (including phenoxy) is 21. The van der Waals surface area contributed by atoms with Crippen LogP contribution in [0, 0.1) is 0 Å². The van der Waals surface area contributed by atoms with Crippen molar-refractivity contribution in [3.05, 3.63) is 0 Å². The number of rotatable bonds is 37. The third kappa shape index (κ3) is 25.8. The number of amides is 6. The highest BCUT2D eigenvalue weighted by Gasteiger charge is 2.63. The van der Waals surface area contributed by atoms with Crippen molar-refractivity contribution in [2.24, 2.45) is 0 Å². The minimum atomic E-state index is -2.71. The predicted octanol–water partition coefficient (Wildman–Crippen LogP) is -24.1. The van der Waals surface area contributed by atoms with Crippen LogP contribution in [0.15, 0.2) is 0 Å². The molecule has 0 unspecified atom stereocenters. The van der Waals surface area contributed by atoms with Crippen molar-refractivity contribution in [3.63, 3.8) is 0 Å². The van der Waals surface area contributed by atoms with E-state index in [0.717, 1.165) is 41.5 Å². The molecule has 0 aromatic carbocycles. The molecule has 11 heterocycles. The molecule has 0 aliphatic carbocycles. The maximum absolute atomic E-state index is 13.3. The molecular formula is C78H130N6O56. The SMILES string of the molecule is CC(=O)N[C@@H]1[C@@H](O)[C@H](O[C@@H]2O[C@H](CO)[C@@H](O[C@@H]3O[C@H](CO[C@H]4O[C@H](CO[C@@H]5O[C@H](CO)[C@@H](O[C@@H]6O[C@H](CO)[C@H](O)[C@H](O)[C@H]6O)[C@@H](O)[C@H]5NC(C)=O)[C@@H](O)[C@H](O)[C@@H]4O[C@@H]4O[C@H](CO)[C@@H](O[C@@H]5O[C@H](CO)[C@H](O)[C@H](O)[C@H]5O)[C@H](O)[C@H]4NC(C)=O)[C@@H](O)[C@H](O[C@H]4O[C@H](CO)[C@@H](O)[C@H](O)[C@@H]4O[C@@H]4O[C@H](CO)[C@@H](O[C@@H]5O[C@H](CO)[C@H](O)[C@H](O)[C@H]5NC(C)=O)[C@H](O)[C@H]4NC(C)=O)[C@@H]3O)[C@H](O)[C@H]2NC(C)=O)[C@@H](CO)O[C@H]1O. The second kappa shape index (κ2) is 50.7. The van der Waals surface area contributed by atoms with E-state index in [9.17, 15) is 177 Å². The van der Waals surface area contributed by atoms with E-state index in [0.29, 0.717) is 0 Å². The average Bonchev–Trinajstić information content (AvgIpc) is 0.763. The standard InChI is InChI=1S/C78H130N6O56/c1-18(94)79-35-48(107)60(28(11-89)122-68(35)119)133-71-38(82-21(4)97)51(110)64(32(15-93)128-71)137-76-59(118)65(138-78-67(55(114)44(103)27(10-88)126-78)140-73-39(83-22(5)98)50(109)61(30(13-91)129-73)134-70-36(80-19(2)95)47(106)41(100)24(7-85)123-70)46(105)34(131-76)17-121-77-66(139-72-40(84-23(6)99)52(111)63(31(14-92)130-72)136-75-58(117)54(113)43(102)26(9-87)125-75)56(115)45(104)33(132-77)16-120-69-37(81-20(3)96)49(108)62(29(12-90)127-69)135-74-57(116)53(112)42(101)25(8-86)124-74/h24-78,85-93,100-119H,7-17H2,1-6H3,(H,79,94)(H,80,95)(H,81,96)(H,82,97)(H,83,98)(H,84,99)/t24-,25-,26-,27-,28-,29-,30-,31-,32-,33-,34-,35-,36-,37-,38-,39-,40-,41+,42+,43+,44-,45-,46-,47-,48-,49+,50-,51-,52-,53+,54+,55+,56+,57-,58-,59+,60-,61-,62-,63-,64-,65+,66+,67+,68-,69-,70+,71+,72+,73+,74+,75+,76+,77+,78-/m1/s1. The van der Waals surface area contributed by atoms with E-state index >= 15 is 0 Å². The van der Waals surface area contributed by atoms with Crippen LogP contribution in [-0.4, -0.2) is 594 Å². The normalized spacial score (nSPS) is 48.1. The molecule has 11 aliphatic rings. The molecule has 11 saturated heterocycles. The second-order valence-corrected chi connectivity index (χ2v) is 35.3. The van der Waals surface area contributed by atoms with Gasteiger partial charge in [0, 0.05) is 41.5 Å². The second-order valence-electron chi connectivity index (χ2n) is 35.3. The van der Waals surface area contributed by atoms with Crippen LogP contribution in [0.5, 0.6) is 0 Å². The van der Waals surface area contributed by atoms with Gasteiger partial charge >= 0.3 is 0 Å². The van der Waals surface area contributed by atoms with Crippen LogP contribution in [-0.2, 0) is 128 Å². The summed E-state index contributed by atoms with van der Waals surface area (Å²) in [5.74, 6) is -5.65. The predicted molar refractivity (Wildman–Crippen MR) is 432 cm³/mol. The summed E-state index contributed by atoms with van der Waals surface area (Å²) in [6.45, 7) is -7.04. The Kier molecular flexibility index (Phi) is 41.7. The quantitative estimate of drug-likeness (QED) is 0.0275. The lowest BCUT2D eigenvalue weighted by atomic mass is 9.93. The largest absolute Gasteiger partial charge is 0.394 e. The number of aliphatic hydroxyl groups excluding tert-OH is 29. The van der Waals surface area contributed by atoms with Gasteiger partial charge in [0.15, 0.2) is 69.2 Å². The van der Waals surface area contributed by atoms with Crippen molar-refractivity contribution in [3.8, 4) is 0 Å². The van der Waals surface area contributed by atoms with Crippen LogP contribution in [0.2, 0.25) is 0 Å². The van der Waals surface area contributed by atoms with Crippen molar-refractivity contribution in [1.82, 2.24) is 31.9 Å². The van der Waals surface area contributed by atoms with E-state index in [1.807, 2.05) is 0 Å². The van der Waals surface area contributed by atoms with Gasteiger partial charge in [-0.25, -0.2) is 0 Å². The van der Waals surface area contributed by atoms with Crippen molar-refractivity contribution in [2.45, 2.75) is 379 Å². The first-order chi connectivity index (χ1) is 66.2. The summed E-state index contributed by atoms with van der Waals surface area (Å²) in [6.07, 6.45) is -105. The minimum absolute atomic E-state index is 0.829. The molecule has 11 aliphatic heterocycles. The molecule has 0 spiro atoms. The average molecular weight is 2050 g/mol. The fourth-order valence-electron chi connectivity index (χ4n) is 18.1. The van der Waals surface area contributed by atoms with Gasteiger partial charge in [0.1, 0.15) is 268 Å². The lowest BCUT2D eigenvalue weighted by Gasteiger charge is -2.51. The Morgan fingerprint density at radius 1 is 0.186 bits per heavy atom. The summed E-state index contributed by atoms with van der Waals surface area (Å²) < 4.78 is 126. The summed E-state index contributed by atoms with van der Waals surface area (Å²) >= 11 is 0. The maximum Gasteiger partial charge on any atom is 0.217 e. The molecule has 0 aromatic rings. The zero-order valence-corrected chi connectivity index (χ0v) is 75.5. The topological polar surface area (TPSA) is 955 Å². The molecule has 11 fully saturated rings. The first kappa shape index (κ1) is 115. The number of carbonyl (C=O) groups excluding carboxylic acids is 6. The first-order valence-corrected chi connectivity index (χ1v) is 44.6. The zero-order valence-electron chi connectivity index (χ0n) is 75.5. The molecule has 62 heteroatoms. The van der Waals surface area contributed by atoms with Crippen LogP contribution in [0.4, 0.5) is 0 Å². The zero-order chi connectivity index (χ0) is 103. The molecule has 0 aromatic heterocycles. The van der Waals surface area contributed by atoms with E-state index in [2.05, 4.69) is 31.9 Å². The van der Waals surface area contributed by atoms with Crippen LogP contribution in [0.1, 0.15) is 41.5 Å².